The van der Waals surface area contributed by atoms with Gasteiger partial charge in [-0.2, -0.15) is 4.31 Å². The maximum Gasteiger partial charge on any atom is 0.538 e. The van der Waals surface area contributed by atoms with Gasteiger partial charge in [0.25, 0.3) is 0 Å². The molecule has 9 nitrogen and oxygen atoms in total. The summed E-state index contributed by atoms with van der Waals surface area (Å²) in [6, 6.07) is 0. The fourth-order valence-electron chi connectivity index (χ4n) is 3.67. The Morgan fingerprint density at radius 3 is 1.06 bits per heavy atom. The third-order valence-electron chi connectivity index (χ3n) is 5.66. The van der Waals surface area contributed by atoms with Crippen LogP contribution >= 0.6 is 15.6 Å². The lowest BCUT2D eigenvalue weighted by atomic mass is 10.1. The number of phosphoric acid groups is 2. The fourth-order valence-corrected chi connectivity index (χ4v) is 5.36. The second kappa shape index (κ2) is 24.5. The Kier molecular flexibility index (Phi) is 24.6. The Balaban J connectivity index is 3.85. The van der Waals surface area contributed by atoms with Gasteiger partial charge in [-0.05, 0) is 12.8 Å². The summed E-state index contributed by atoms with van der Waals surface area (Å²) in [7, 11) is -9.84. The Hall–Kier alpha value is 0.180. The largest absolute Gasteiger partial charge is 0.538 e. The van der Waals surface area contributed by atoms with Crippen LogP contribution in [0.3, 0.4) is 0 Å². The molecular weight excluding hydrogens is 494 g/mol. The van der Waals surface area contributed by atoms with Gasteiger partial charge in [0.1, 0.15) is 0 Å². The second-order valence-electron chi connectivity index (χ2n) is 9.18. The molecule has 0 saturated heterocycles. The Bertz CT molecular complexity index is 511. The van der Waals surface area contributed by atoms with E-state index in [4.69, 9.17) is 19.6 Å². The Morgan fingerprint density at radius 1 is 0.486 bits per heavy atom. The Morgan fingerprint density at radius 2 is 0.771 bits per heavy atom. The van der Waals surface area contributed by atoms with E-state index in [1.54, 1.807) is 0 Å². The number of rotatable bonds is 28. The molecule has 0 aromatic carbocycles. The van der Waals surface area contributed by atoms with Crippen LogP contribution in [0.5, 0.6) is 0 Å². The van der Waals surface area contributed by atoms with E-state index in [0.29, 0.717) is 12.8 Å². The molecule has 0 aromatic rings. The van der Waals surface area contributed by atoms with Crippen LogP contribution in [0.1, 0.15) is 142 Å². The normalized spacial score (nSPS) is 12.5. The Labute approximate surface area is 213 Å². The molecule has 2 N–H and O–H groups in total. The van der Waals surface area contributed by atoms with Crippen molar-refractivity contribution in [2.45, 2.75) is 142 Å². The summed E-state index contributed by atoms with van der Waals surface area (Å²) in [6.45, 7) is 4.63. The third kappa shape index (κ3) is 27.0. The molecular formula is C24H52O9P2. The minimum Gasteiger partial charge on any atom is -0.302 e. The molecule has 0 fully saturated rings. The van der Waals surface area contributed by atoms with Gasteiger partial charge in [0.2, 0.25) is 0 Å². The maximum atomic E-state index is 12.4. The fraction of sp³-hybridized carbons (Fsp3) is 1.00. The quantitative estimate of drug-likeness (QED) is 0.0428. The maximum absolute atomic E-state index is 12.4. The number of hydrogen-bond acceptors (Lipinski definition) is 7. The summed E-state index contributed by atoms with van der Waals surface area (Å²) in [5.41, 5.74) is 0. The van der Waals surface area contributed by atoms with Crippen molar-refractivity contribution in [1.82, 2.24) is 0 Å². The van der Waals surface area contributed by atoms with E-state index in [1.165, 1.54) is 77.0 Å². The van der Waals surface area contributed by atoms with Crippen molar-refractivity contribution in [3.63, 3.8) is 0 Å². The first-order valence-corrected chi connectivity index (χ1v) is 16.8. The van der Waals surface area contributed by atoms with Crippen LogP contribution < -0.4 is 0 Å². The van der Waals surface area contributed by atoms with Gasteiger partial charge in [-0.3, -0.25) is 0 Å². The van der Waals surface area contributed by atoms with Crippen LogP contribution in [0.2, 0.25) is 0 Å². The molecule has 0 bridgehead atoms. The van der Waals surface area contributed by atoms with Gasteiger partial charge >= 0.3 is 15.6 Å². The molecule has 0 unspecified atom stereocenters. The van der Waals surface area contributed by atoms with Crippen molar-refractivity contribution in [2.75, 3.05) is 13.2 Å². The predicted molar refractivity (Wildman–Crippen MR) is 138 cm³/mol. The summed E-state index contributed by atoms with van der Waals surface area (Å²) in [5.74, 6) is 0. The van der Waals surface area contributed by atoms with Crippen molar-refractivity contribution >= 4 is 15.6 Å². The lowest BCUT2D eigenvalue weighted by Crippen LogP contribution is -2.03. The molecule has 11 heteroatoms. The molecule has 0 heterocycles. The number of unbranched alkanes of at least 4 members (excludes halogenated alkanes) is 18. The van der Waals surface area contributed by atoms with Crippen molar-refractivity contribution in [3.05, 3.63) is 0 Å². The average molecular weight is 547 g/mol. The molecule has 0 saturated carbocycles. The molecule has 0 aliphatic carbocycles. The molecule has 0 atom stereocenters. The van der Waals surface area contributed by atoms with Crippen molar-refractivity contribution in [3.8, 4) is 0 Å². The SMILES string of the molecule is CCCCCCCCCCCCOOP(=O)(OOCCCCCCCCCCCC)OP(=O)(O)O. The zero-order valence-corrected chi connectivity index (χ0v) is 24.0. The highest BCUT2D eigenvalue weighted by molar-refractivity contribution is 7.61. The summed E-state index contributed by atoms with van der Waals surface area (Å²) in [5, 5.41) is 0. The predicted octanol–water partition coefficient (Wildman–Crippen LogP) is 8.94. The highest BCUT2D eigenvalue weighted by Crippen LogP contribution is 2.61. The van der Waals surface area contributed by atoms with Crippen molar-refractivity contribution < 1.29 is 42.4 Å². The van der Waals surface area contributed by atoms with E-state index in [1.807, 2.05) is 0 Å². The summed E-state index contributed by atoms with van der Waals surface area (Å²) < 4.78 is 36.8. The first-order valence-electron chi connectivity index (χ1n) is 13.8. The summed E-state index contributed by atoms with van der Waals surface area (Å²) >= 11 is 0. The first-order chi connectivity index (χ1) is 16.8. The van der Waals surface area contributed by atoms with E-state index in [-0.39, 0.29) is 13.2 Å². The lowest BCUT2D eigenvalue weighted by molar-refractivity contribution is -0.278. The summed E-state index contributed by atoms with van der Waals surface area (Å²) in [4.78, 5) is 27.6. The molecule has 0 spiro atoms. The van der Waals surface area contributed by atoms with E-state index in [9.17, 15) is 9.13 Å². The topological polar surface area (TPSA) is 121 Å². The molecule has 0 amide bonds. The molecule has 0 aliphatic heterocycles. The zero-order chi connectivity index (χ0) is 26.1. The molecule has 0 rings (SSSR count). The minimum absolute atomic E-state index is 0.104. The zero-order valence-electron chi connectivity index (χ0n) is 22.2. The van der Waals surface area contributed by atoms with Crippen LogP contribution in [-0.2, 0) is 32.6 Å². The minimum atomic E-state index is -5.13. The van der Waals surface area contributed by atoms with Crippen LogP contribution in [0, 0.1) is 0 Å². The molecule has 0 aromatic heterocycles. The van der Waals surface area contributed by atoms with Crippen LogP contribution in [0.25, 0.3) is 0 Å². The van der Waals surface area contributed by atoms with E-state index >= 15 is 0 Å². The van der Waals surface area contributed by atoms with E-state index < -0.39 is 15.6 Å². The highest BCUT2D eigenvalue weighted by Gasteiger charge is 2.39. The van der Waals surface area contributed by atoms with Gasteiger partial charge in [0, 0.05) is 0 Å². The van der Waals surface area contributed by atoms with E-state index in [2.05, 4.69) is 27.5 Å². The second-order valence-corrected chi connectivity index (χ2v) is 12.0. The van der Waals surface area contributed by atoms with Crippen LogP contribution in [-0.4, -0.2) is 23.0 Å². The van der Waals surface area contributed by atoms with Gasteiger partial charge in [-0.1, -0.05) is 129 Å². The molecule has 35 heavy (non-hydrogen) atoms. The molecule has 0 aliphatic rings. The van der Waals surface area contributed by atoms with Gasteiger partial charge in [-0.25, -0.2) is 18.9 Å². The average Bonchev–Trinajstić information content (AvgIpc) is 2.79. The lowest BCUT2D eigenvalue weighted by Gasteiger charge is -2.15. The molecule has 0 radical (unpaired) electrons. The smallest absolute Gasteiger partial charge is 0.302 e. The standard InChI is InChI=1S/C24H52O9P2/c1-3-5-7-9-11-13-15-17-19-21-23-29-31-35(28,33-34(25,26)27)32-30-24-22-20-18-16-14-12-10-8-6-4-2/h3-24H2,1-2H3,(H2,25,26,27). The monoisotopic (exact) mass is 546 g/mol. The van der Waals surface area contributed by atoms with E-state index in [0.717, 1.165) is 38.5 Å². The first kappa shape index (κ1) is 35.2. The van der Waals surface area contributed by atoms with Gasteiger partial charge in [-0.15, -0.1) is 9.35 Å². The van der Waals surface area contributed by atoms with Gasteiger partial charge in [0.05, 0.1) is 13.2 Å². The van der Waals surface area contributed by atoms with Crippen LogP contribution in [0.15, 0.2) is 0 Å². The van der Waals surface area contributed by atoms with Crippen molar-refractivity contribution in [2.24, 2.45) is 0 Å². The third-order valence-corrected chi connectivity index (χ3v) is 7.88. The highest BCUT2D eigenvalue weighted by atomic mass is 31.3. The van der Waals surface area contributed by atoms with Crippen LogP contribution in [0.4, 0.5) is 0 Å². The number of hydrogen-bond donors (Lipinski definition) is 2. The molecule has 212 valence electrons. The van der Waals surface area contributed by atoms with Gasteiger partial charge < -0.3 is 9.79 Å². The van der Waals surface area contributed by atoms with Crippen molar-refractivity contribution in [1.29, 1.82) is 0 Å². The van der Waals surface area contributed by atoms with Gasteiger partial charge in [0.15, 0.2) is 0 Å². The summed E-state index contributed by atoms with van der Waals surface area (Å²) in [6.07, 6.45) is 22.9.